The SMILES string of the molecule is Nc1nc(N)c2ncc(C3CCC(CO)O3)n2n1. The Labute approximate surface area is 103 Å². The molecule has 2 unspecified atom stereocenters. The third kappa shape index (κ3) is 1.66. The summed E-state index contributed by atoms with van der Waals surface area (Å²) in [5.41, 5.74) is 12.5. The molecule has 0 aliphatic carbocycles. The molecule has 18 heavy (non-hydrogen) atoms. The van der Waals surface area contributed by atoms with Crippen LogP contribution in [-0.2, 0) is 4.74 Å². The van der Waals surface area contributed by atoms with Gasteiger partial charge in [-0.2, -0.15) is 4.98 Å². The minimum absolute atomic E-state index is 0.0203. The standard InChI is InChI=1S/C10H14N6O2/c11-8-9-13-3-6(16(9)15-10(12)14-8)7-2-1-5(4-17)18-7/h3,5,7,17H,1-2,4H2,(H4,11,12,14,15). The maximum absolute atomic E-state index is 9.07. The fourth-order valence-corrected chi connectivity index (χ4v) is 2.21. The zero-order valence-corrected chi connectivity index (χ0v) is 9.65. The maximum atomic E-state index is 9.07. The van der Waals surface area contributed by atoms with Gasteiger partial charge in [-0.1, -0.05) is 0 Å². The van der Waals surface area contributed by atoms with E-state index in [1.165, 1.54) is 0 Å². The molecular weight excluding hydrogens is 236 g/mol. The summed E-state index contributed by atoms with van der Waals surface area (Å²) in [4.78, 5) is 8.02. The average Bonchev–Trinajstić information content (AvgIpc) is 2.93. The number of fused-ring (bicyclic) bond motifs is 1. The van der Waals surface area contributed by atoms with Crippen molar-refractivity contribution in [3.63, 3.8) is 0 Å². The van der Waals surface area contributed by atoms with Crippen LogP contribution in [0.15, 0.2) is 6.20 Å². The van der Waals surface area contributed by atoms with Gasteiger partial charge in [-0.15, -0.1) is 5.10 Å². The maximum Gasteiger partial charge on any atom is 0.240 e. The number of aromatic nitrogens is 4. The first-order valence-electron chi connectivity index (χ1n) is 5.72. The lowest BCUT2D eigenvalue weighted by Crippen LogP contribution is -2.13. The number of hydrogen-bond donors (Lipinski definition) is 3. The molecule has 0 bridgehead atoms. The summed E-state index contributed by atoms with van der Waals surface area (Å²) in [6.45, 7) is 0.0203. The van der Waals surface area contributed by atoms with E-state index in [1.807, 2.05) is 0 Å². The van der Waals surface area contributed by atoms with Crippen molar-refractivity contribution < 1.29 is 9.84 Å². The molecule has 0 aromatic carbocycles. The molecule has 0 saturated carbocycles. The molecule has 0 spiro atoms. The number of nitrogens with zero attached hydrogens (tertiary/aromatic N) is 4. The zero-order valence-electron chi connectivity index (χ0n) is 9.65. The van der Waals surface area contributed by atoms with Crippen LogP contribution in [0.1, 0.15) is 24.6 Å². The number of aliphatic hydroxyl groups excluding tert-OH is 1. The molecule has 1 aliphatic rings. The lowest BCUT2D eigenvalue weighted by atomic mass is 10.1. The van der Waals surface area contributed by atoms with Gasteiger partial charge in [0.05, 0.1) is 24.6 Å². The summed E-state index contributed by atoms with van der Waals surface area (Å²) in [5, 5.41) is 13.2. The molecule has 3 heterocycles. The van der Waals surface area contributed by atoms with E-state index < -0.39 is 0 Å². The van der Waals surface area contributed by atoms with E-state index >= 15 is 0 Å². The van der Waals surface area contributed by atoms with Crippen molar-refractivity contribution in [1.82, 2.24) is 19.6 Å². The fraction of sp³-hybridized carbons (Fsp3) is 0.500. The summed E-state index contributed by atoms with van der Waals surface area (Å²) >= 11 is 0. The molecule has 0 amide bonds. The van der Waals surface area contributed by atoms with Crippen LogP contribution in [0, 0.1) is 0 Å². The van der Waals surface area contributed by atoms with Crippen molar-refractivity contribution in [3.8, 4) is 0 Å². The van der Waals surface area contributed by atoms with Crippen LogP contribution in [0.4, 0.5) is 11.8 Å². The number of nitrogens with two attached hydrogens (primary N) is 2. The van der Waals surface area contributed by atoms with Crippen molar-refractivity contribution in [2.75, 3.05) is 18.1 Å². The van der Waals surface area contributed by atoms with E-state index in [0.717, 1.165) is 18.5 Å². The second-order valence-electron chi connectivity index (χ2n) is 4.28. The molecule has 2 atom stereocenters. The molecule has 5 N–H and O–H groups in total. The monoisotopic (exact) mass is 250 g/mol. The molecule has 8 nitrogen and oxygen atoms in total. The van der Waals surface area contributed by atoms with Gasteiger partial charge < -0.3 is 21.3 Å². The molecule has 96 valence electrons. The van der Waals surface area contributed by atoms with Crippen LogP contribution < -0.4 is 11.5 Å². The third-order valence-electron chi connectivity index (χ3n) is 3.07. The Morgan fingerprint density at radius 3 is 3.00 bits per heavy atom. The highest BCUT2D eigenvalue weighted by atomic mass is 16.5. The van der Waals surface area contributed by atoms with Crippen molar-refractivity contribution in [2.45, 2.75) is 25.0 Å². The molecule has 1 aliphatic heterocycles. The first-order chi connectivity index (χ1) is 8.69. The first kappa shape index (κ1) is 11.2. The van der Waals surface area contributed by atoms with E-state index in [9.17, 15) is 0 Å². The van der Waals surface area contributed by atoms with Crippen molar-refractivity contribution in [3.05, 3.63) is 11.9 Å². The Hall–Kier alpha value is -1.93. The van der Waals surface area contributed by atoms with Crippen molar-refractivity contribution in [2.24, 2.45) is 0 Å². The van der Waals surface area contributed by atoms with Gasteiger partial charge in [-0.3, -0.25) is 0 Å². The van der Waals surface area contributed by atoms with E-state index in [2.05, 4.69) is 15.1 Å². The quantitative estimate of drug-likeness (QED) is 0.656. The van der Waals surface area contributed by atoms with Crippen LogP contribution in [0.5, 0.6) is 0 Å². The van der Waals surface area contributed by atoms with Crippen molar-refractivity contribution >= 4 is 17.4 Å². The largest absolute Gasteiger partial charge is 0.394 e. The summed E-state index contributed by atoms with van der Waals surface area (Å²) in [6, 6.07) is 0. The second-order valence-corrected chi connectivity index (χ2v) is 4.28. The van der Waals surface area contributed by atoms with Gasteiger partial charge >= 0.3 is 0 Å². The van der Waals surface area contributed by atoms with Crippen LogP contribution in [-0.4, -0.2) is 37.4 Å². The molecule has 1 fully saturated rings. The highest BCUT2D eigenvalue weighted by molar-refractivity contribution is 5.60. The number of hydrogen-bond acceptors (Lipinski definition) is 7. The number of aliphatic hydroxyl groups is 1. The van der Waals surface area contributed by atoms with Gasteiger partial charge in [0.25, 0.3) is 0 Å². The predicted molar refractivity (Wildman–Crippen MR) is 63.5 cm³/mol. The Balaban J connectivity index is 2.03. The predicted octanol–water partition coefficient (Wildman–Crippen LogP) is -0.499. The fourth-order valence-electron chi connectivity index (χ4n) is 2.21. The van der Waals surface area contributed by atoms with Gasteiger partial charge in [0.15, 0.2) is 11.5 Å². The van der Waals surface area contributed by atoms with Gasteiger partial charge in [0.1, 0.15) is 6.10 Å². The number of anilines is 2. The number of ether oxygens (including phenoxy) is 1. The van der Waals surface area contributed by atoms with Crippen LogP contribution in [0.2, 0.25) is 0 Å². The lowest BCUT2D eigenvalue weighted by molar-refractivity contribution is 0.00853. The van der Waals surface area contributed by atoms with E-state index in [0.29, 0.717) is 5.65 Å². The summed E-state index contributed by atoms with van der Waals surface area (Å²) < 4.78 is 7.25. The smallest absolute Gasteiger partial charge is 0.240 e. The normalized spacial score (nSPS) is 23.8. The Morgan fingerprint density at radius 2 is 2.28 bits per heavy atom. The second kappa shape index (κ2) is 4.07. The van der Waals surface area contributed by atoms with E-state index in [1.54, 1.807) is 10.7 Å². The zero-order chi connectivity index (χ0) is 12.7. The van der Waals surface area contributed by atoms with Crippen molar-refractivity contribution in [1.29, 1.82) is 0 Å². The molecule has 0 radical (unpaired) electrons. The van der Waals surface area contributed by atoms with Gasteiger partial charge in [0, 0.05) is 0 Å². The molecule has 3 rings (SSSR count). The molecule has 8 heteroatoms. The highest BCUT2D eigenvalue weighted by Crippen LogP contribution is 2.32. The van der Waals surface area contributed by atoms with Gasteiger partial charge in [-0.05, 0) is 12.8 Å². The Morgan fingerprint density at radius 1 is 1.44 bits per heavy atom. The number of imidazole rings is 1. The van der Waals surface area contributed by atoms with E-state index in [-0.39, 0.29) is 30.6 Å². The number of rotatable bonds is 2. The van der Waals surface area contributed by atoms with Gasteiger partial charge in [0.2, 0.25) is 5.95 Å². The Bertz CT molecular complexity index is 583. The first-order valence-corrected chi connectivity index (χ1v) is 5.72. The topological polar surface area (TPSA) is 125 Å². The summed E-state index contributed by atoms with van der Waals surface area (Å²) in [7, 11) is 0. The Kier molecular flexibility index (Phi) is 2.53. The molecule has 2 aromatic rings. The van der Waals surface area contributed by atoms with Crippen LogP contribution in [0.25, 0.3) is 5.65 Å². The van der Waals surface area contributed by atoms with Gasteiger partial charge in [-0.25, -0.2) is 9.50 Å². The minimum Gasteiger partial charge on any atom is -0.394 e. The third-order valence-corrected chi connectivity index (χ3v) is 3.07. The molecule has 1 saturated heterocycles. The number of nitrogen functional groups attached to an aromatic ring is 2. The lowest BCUT2D eigenvalue weighted by Gasteiger charge is -2.11. The molecular formula is C10H14N6O2. The van der Waals surface area contributed by atoms with E-state index in [4.69, 9.17) is 21.3 Å². The minimum atomic E-state index is -0.147. The van der Waals surface area contributed by atoms with Crippen LogP contribution in [0.3, 0.4) is 0 Å². The van der Waals surface area contributed by atoms with Crippen LogP contribution >= 0.6 is 0 Å². The average molecular weight is 250 g/mol. The molecule has 2 aromatic heterocycles. The highest BCUT2D eigenvalue weighted by Gasteiger charge is 2.29. The summed E-state index contributed by atoms with van der Waals surface area (Å²) in [5.74, 6) is 0.335. The summed E-state index contributed by atoms with van der Waals surface area (Å²) in [6.07, 6.45) is 3.00.